The van der Waals surface area contributed by atoms with Crippen molar-refractivity contribution in [3.05, 3.63) is 65.5 Å². The minimum Gasteiger partial charge on any atom is -0.342 e. The van der Waals surface area contributed by atoms with Gasteiger partial charge in [0, 0.05) is 44.9 Å². The van der Waals surface area contributed by atoms with E-state index in [1.807, 2.05) is 21.9 Å². The summed E-state index contributed by atoms with van der Waals surface area (Å²) in [7, 11) is 0. The molecule has 0 spiro atoms. The molecule has 0 saturated carbocycles. The van der Waals surface area contributed by atoms with Crippen molar-refractivity contribution in [2.45, 2.75) is 64.0 Å². The van der Waals surface area contributed by atoms with Gasteiger partial charge in [0.05, 0.1) is 6.04 Å². The number of carbonyl (C=O) groups is 2. The summed E-state index contributed by atoms with van der Waals surface area (Å²) in [5.41, 5.74) is 3.72. The Morgan fingerprint density at radius 1 is 1.03 bits per heavy atom. The molecule has 2 amide bonds. The number of hydrogen-bond acceptors (Lipinski definition) is 3. The van der Waals surface area contributed by atoms with Crippen LogP contribution in [0.5, 0.6) is 0 Å². The lowest BCUT2D eigenvalue weighted by molar-refractivity contribution is -0.136. The summed E-state index contributed by atoms with van der Waals surface area (Å²) in [6, 6.07) is 12.6. The number of nitrogens with zero attached hydrogens (tertiary/aromatic N) is 3. The third-order valence-electron chi connectivity index (χ3n) is 6.40. The molecular weight excluding hydrogens is 374 g/mol. The van der Waals surface area contributed by atoms with Crippen molar-refractivity contribution < 1.29 is 9.59 Å². The lowest BCUT2D eigenvalue weighted by atomic mass is 9.86. The molecular formula is C25H31N3O2. The first kappa shape index (κ1) is 20.6. The molecule has 1 aromatic carbocycles. The van der Waals surface area contributed by atoms with Crippen LogP contribution in [0.2, 0.25) is 0 Å². The highest BCUT2D eigenvalue weighted by atomic mass is 16.2. The summed E-state index contributed by atoms with van der Waals surface area (Å²) in [5.74, 6) is 0.328. The zero-order chi connectivity index (χ0) is 20.8. The predicted octanol–water partition coefficient (Wildman–Crippen LogP) is 4.28. The fourth-order valence-electron chi connectivity index (χ4n) is 4.76. The van der Waals surface area contributed by atoms with E-state index < -0.39 is 0 Å². The summed E-state index contributed by atoms with van der Waals surface area (Å²) in [6.07, 6.45) is 10.8. The van der Waals surface area contributed by atoms with E-state index in [-0.39, 0.29) is 17.9 Å². The first-order valence-corrected chi connectivity index (χ1v) is 11.3. The van der Waals surface area contributed by atoms with Gasteiger partial charge >= 0.3 is 0 Å². The number of rotatable bonds is 6. The van der Waals surface area contributed by atoms with Crippen LogP contribution in [0.25, 0.3) is 0 Å². The second-order valence-corrected chi connectivity index (χ2v) is 8.43. The third kappa shape index (κ3) is 4.89. The second kappa shape index (κ2) is 9.88. The van der Waals surface area contributed by atoms with Crippen LogP contribution in [-0.2, 0) is 22.6 Å². The van der Waals surface area contributed by atoms with Crippen LogP contribution in [0.15, 0.2) is 48.8 Å². The van der Waals surface area contributed by atoms with Crippen LogP contribution in [0.3, 0.4) is 0 Å². The molecule has 1 aliphatic heterocycles. The van der Waals surface area contributed by atoms with Crippen LogP contribution in [0, 0.1) is 0 Å². The van der Waals surface area contributed by atoms with Crippen molar-refractivity contribution in [2.24, 2.45) is 0 Å². The Kier molecular flexibility index (Phi) is 6.77. The second-order valence-electron chi connectivity index (χ2n) is 8.43. The van der Waals surface area contributed by atoms with Crippen molar-refractivity contribution in [2.75, 3.05) is 13.1 Å². The summed E-state index contributed by atoms with van der Waals surface area (Å²) >= 11 is 0. The molecule has 5 nitrogen and oxygen atoms in total. The van der Waals surface area contributed by atoms with Gasteiger partial charge in [-0.3, -0.25) is 14.6 Å². The van der Waals surface area contributed by atoms with Crippen LogP contribution < -0.4 is 0 Å². The number of hydrogen-bond donors (Lipinski definition) is 0. The number of likely N-dealkylation sites (tertiary alicyclic amines) is 1. The van der Waals surface area contributed by atoms with Gasteiger partial charge in [0.2, 0.25) is 11.8 Å². The molecule has 1 atom stereocenters. The van der Waals surface area contributed by atoms with E-state index in [4.69, 9.17) is 0 Å². The van der Waals surface area contributed by atoms with Crippen LogP contribution in [0.1, 0.15) is 67.7 Å². The molecule has 4 rings (SSSR count). The third-order valence-corrected chi connectivity index (χ3v) is 6.40. The van der Waals surface area contributed by atoms with Crippen molar-refractivity contribution in [1.82, 2.24) is 14.8 Å². The number of benzene rings is 1. The molecule has 1 unspecified atom stereocenters. The lowest BCUT2D eigenvalue weighted by Gasteiger charge is -2.36. The van der Waals surface area contributed by atoms with Crippen molar-refractivity contribution in [3.8, 4) is 0 Å². The summed E-state index contributed by atoms with van der Waals surface area (Å²) < 4.78 is 0. The smallest absolute Gasteiger partial charge is 0.225 e. The minimum atomic E-state index is 0.0930. The highest BCUT2D eigenvalue weighted by Crippen LogP contribution is 2.35. The number of fused-ring (bicyclic) bond motifs is 1. The molecule has 1 aromatic heterocycles. The zero-order valence-electron chi connectivity index (χ0n) is 17.6. The first-order chi connectivity index (χ1) is 14.7. The van der Waals surface area contributed by atoms with E-state index in [9.17, 15) is 9.59 Å². The Hall–Kier alpha value is -2.69. The Labute approximate surface area is 179 Å². The van der Waals surface area contributed by atoms with Gasteiger partial charge in [-0.2, -0.15) is 0 Å². The normalized spacial score (nSPS) is 19.1. The van der Waals surface area contributed by atoms with E-state index in [1.165, 1.54) is 11.1 Å². The van der Waals surface area contributed by atoms with Gasteiger partial charge in [0.25, 0.3) is 0 Å². The maximum atomic E-state index is 13.5. The number of aryl methyl sites for hydroxylation is 1. The van der Waals surface area contributed by atoms with Crippen LogP contribution in [-0.4, -0.2) is 39.7 Å². The van der Waals surface area contributed by atoms with Gasteiger partial charge in [0.15, 0.2) is 0 Å². The zero-order valence-corrected chi connectivity index (χ0v) is 17.6. The Balaban J connectivity index is 1.53. The molecule has 2 heterocycles. The highest BCUT2D eigenvalue weighted by molar-refractivity contribution is 5.79. The minimum absolute atomic E-state index is 0.0930. The van der Waals surface area contributed by atoms with E-state index in [2.05, 4.69) is 29.2 Å². The van der Waals surface area contributed by atoms with Gasteiger partial charge in [-0.05, 0) is 60.9 Å². The highest BCUT2D eigenvalue weighted by Gasteiger charge is 2.29. The summed E-state index contributed by atoms with van der Waals surface area (Å²) in [5, 5.41) is 0. The molecule has 2 aliphatic rings. The van der Waals surface area contributed by atoms with Gasteiger partial charge < -0.3 is 9.80 Å². The molecule has 5 heteroatoms. The Morgan fingerprint density at radius 3 is 2.73 bits per heavy atom. The van der Waals surface area contributed by atoms with Gasteiger partial charge in [-0.15, -0.1) is 0 Å². The molecule has 0 bridgehead atoms. The molecule has 1 saturated heterocycles. The number of carbonyl (C=O) groups excluding carboxylic acids is 2. The molecule has 30 heavy (non-hydrogen) atoms. The maximum absolute atomic E-state index is 13.5. The average Bonchev–Trinajstić information content (AvgIpc) is 3.00. The van der Waals surface area contributed by atoms with Crippen molar-refractivity contribution >= 4 is 11.8 Å². The summed E-state index contributed by atoms with van der Waals surface area (Å²) in [4.78, 5) is 33.9. The predicted molar refractivity (Wildman–Crippen MR) is 117 cm³/mol. The fraction of sp³-hybridized carbons (Fsp3) is 0.480. The van der Waals surface area contributed by atoms with Crippen LogP contribution in [0.4, 0.5) is 0 Å². The molecule has 0 radical (unpaired) electrons. The first-order valence-electron chi connectivity index (χ1n) is 11.3. The summed E-state index contributed by atoms with van der Waals surface area (Å²) in [6.45, 7) is 1.88. The van der Waals surface area contributed by atoms with E-state index >= 15 is 0 Å². The van der Waals surface area contributed by atoms with Crippen molar-refractivity contribution in [3.63, 3.8) is 0 Å². The number of pyridine rings is 1. The molecule has 0 N–H and O–H groups in total. The molecule has 1 fully saturated rings. The largest absolute Gasteiger partial charge is 0.342 e. The molecule has 158 valence electrons. The van der Waals surface area contributed by atoms with Gasteiger partial charge in [0.1, 0.15) is 0 Å². The molecule has 1 aliphatic carbocycles. The molecule has 2 aromatic rings. The maximum Gasteiger partial charge on any atom is 0.225 e. The Morgan fingerprint density at radius 2 is 1.87 bits per heavy atom. The fourth-order valence-corrected chi connectivity index (χ4v) is 4.76. The van der Waals surface area contributed by atoms with Gasteiger partial charge in [-0.25, -0.2) is 0 Å². The topological polar surface area (TPSA) is 53.5 Å². The van der Waals surface area contributed by atoms with Crippen molar-refractivity contribution in [1.29, 1.82) is 0 Å². The standard InChI is InChI=1S/C25H31N3O2/c29-24-11-2-1-5-17-27(24)18-14-25(30)28(19-20-12-15-26-16-13-20)23-10-6-8-21-7-3-4-9-22(21)23/h3-4,7,9,12-13,15-16,23H,1-2,5-6,8,10-11,14,17-19H2. The van der Waals surface area contributed by atoms with Crippen LogP contribution >= 0.6 is 0 Å². The van der Waals surface area contributed by atoms with E-state index in [0.29, 0.717) is 25.9 Å². The number of amides is 2. The quantitative estimate of drug-likeness (QED) is 0.721. The SMILES string of the molecule is O=C1CCCCCN1CCC(=O)N(Cc1ccncc1)C1CCCc2ccccc21. The monoisotopic (exact) mass is 405 g/mol. The lowest BCUT2D eigenvalue weighted by Crippen LogP contribution is -2.39. The van der Waals surface area contributed by atoms with Gasteiger partial charge in [-0.1, -0.05) is 30.7 Å². The Bertz CT molecular complexity index is 868. The van der Waals surface area contributed by atoms with E-state index in [1.54, 1.807) is 12.4 Å². The number of aromatic nitrogens is 1. The van der Waals surface area contributed by atoms with E-state index in [0.717, 1.165) is 50.6 Å². The average molecular weight is 406 g/mol.